The van der Waals surface area contributed by atoms with Crippen molar-refractivity contribution in [2.24, 2.45) is 0 Å². The minimum Gasteiger partial charge on any atom is -0.465 e. The zero-order valence-corrected chi connectivity index (χ0v) is 22.4. The Kier molecular flexibility index (Phi) is 9.28. The average Bonchev–Trinajstić information content (AvgIpc) is 3.40. The molecule has 3 amide bonds. The van der Waals surface area contributed by atoms with E-state index in [0.717, 1.165) is 11.1 Å². The highest BCUT2D eigenvalue weighted by Gasteiger charge is 2.33. The van der Waals surface area contributed by atoms with Crippen LogP contribution in [0.5, 0.6) is 0 Å². The van der Waals surface area contributed by atoms with Crippen molar-refractivity contribution in [3.8, 4) is 0 Å². The fourth-order valence-corrected chi connectivity index (χ4v) is 4.40. The van der Waals surface area contributed by atoms with E-state index in [-0.39, 0.29) is 30.8 Å². The summed E-state index contributed by atoms with van der Waals surface area (Å²) in [5.41, 5.74) is 1.88. The summed E-state index contributed by atoms with van der Waals surface area (Å²) in [6.07, 6.45) is 1.77. The molecule has 0 unspecified atom stereocenters. The predicted octanol–water partition coefficient (Wildman–Crippen LogP) is 3.49. The second-order valence-electron chi connectivity index (χ2n) is 10.8. The van der Waals surface area contributed by atoms with Gasteiger partial charge in [0.15, 0.2) is 0 Å². The Hall–Kier alpha value is -4.14. The number of rotatable bonds is 12. The van der Waals surface area contributed by atoms with E-state index in [2.05, 4.69) is 20.6 Å². The van der Waals surface area contributed by atoms with Crippen LogP contribution in [0.1, 0.15) is 44.5 Å². The van der Waals surface area contributed by atoms with Crippen molar-refractivity contribution in [3.63, 3.8) is 0 Å². The summed E-state index contributed by atoms with van der Waals surface area (Å²) < 4.78 is 0. The Morgan fingerprint density at radius 1 is 0.947 bits per heavy atom. The average molecular weight is 520 g/mol. The molecule has 0 bridgehead atoms. The van der Waals surface area contributed by atoms with Gasteiger partial charge in [-0.3, -0.25) is 9.59 Å². The zero-order chi connectivity index (χ0) is 27.8. The molecule has 0 aliphatic heterocycles. The maximum absolute atomic E-state index is 13.8. The number of nitrogens with zero attached hydrogens (tertiary/aromatic N) is 2. The molecule has 9 nitrogen and oxygen atoms in total. The van der Waals surface area contributed by atoms with Gasteiger partial charge in [-0.1, -0.05) is 88.4 Å². The number of carboxylic acid groups (broad SMARTS) is 1. The number of aromatic nitrogens is 2. The quantitative estimate of drug-likeness (QED) is 0.291. The highest BCUT2D eigenvalue weighted by atomic mass is 16.4. The summed E-state index contributed by atoms with van der Waals surface area (Å²) in [7, 11) is 0. The van der Waals surface area contributed by atoms with E-state index < -0.39 is 23.5 Å². The van der Waals surface area contributed by atoms with E-state index in [9.17, 15) is 19.5 Å². The summed E-state index contributed by atoms with van der Waals surface area (Å²) in [4.78, 5) is 46.8. The van der Waals surface area contributed by atoms with Gasteiger partial charge in [0.2, 0.25) is 11.8 Å². The Bertz CT molecular complexity index is 1190. The van der Waals surface area contributed by atoms with E-state index in [1.807, 2.05) is 88.4 Å². The third-order valence-corrected chi connectivity index (χ3v) is 6.65. The smallest absolute Gasteiger partial charge is 0.405 e. The van der Waals surface area contributed by atoms with E-state index in [1.54, 1.807) is 6.20 Å². The highest BCUT2D eigenvalue weighted by molar-refractivity contribution is 5.89. The monoisotopic (exact) mass is 519 g/mol. The van der Waals surface area contributed by atoms with Gasteiger partial charge in [-0.15, -0.1) is 0 Å². The number of hydrogen-bond donors (Lipinski definition) is 4. The van der Waals surface area contributed by atoms with Gasteiger partial charge in [0.25, 0.3) is 0 Å². The van der Waals surface area contributed by atoms with Gasteiger partial charge in [-0.05, 0) is 11.1 Å². The lowest BCUT2D eigenvalue weighted by atomic mass is 9.84. The number of amides is 3. The minimum absolute atomic E-state index is 0.0794. The van der Waals surface area contributed by atoms with Crippen LogP contribution in [0.15, 0.2) is 73.2 Å². The van der Waals surface area contributed by atoms with E-state index >= 15 is 0 Å². The van der Waals surface area contributed by atoms with Crippen molar-refractivity contribution < 1.29 is 19.5 Å². The van der Waals surface area contributed by atoms with Crippen LogP contribution in [0.4, 0.5) is 4.79 Å². The lowest BCUT2D eigenvalue weighted by molar-refractivity contribution is -0.138. The Balaban J connectivity index is 1.81. The molecule has 1 heterocycles. The van der Waals surface area contributed by atoms with Gasteiger partial charge in [0.05, 0.1) is 12.9 Å². The van der Waals surface area contributed by atoms with Gasteiger partial charge in [0, 0.05) is 42.2 Å². The molecule has 0 saturated carbocycles. The highest BCUT2D eigenvalue weighted by Crippen LogP contribution is 2.25. The van der Waals surface area contributed by atoms with E-state index in [4.69, 9.17) is 0 Å². The van der Waals surface area contributed by atoms with Crippen LogP contribution < -0.4 is 10.6 Å². The van der Waals surface area contributed by atoms with Gasteiger partial charge >= 0.3 is 6.09 Å². The molecule has 1 aromatic heterocycles. The molecule has 202 valence electrons. The fourth-order valence-electron chi connectivity index (χ4n) is 4.40. The van der Waals surface area contributed by atoms with Crippen LogP contribution in [0.25, 0.3) is 0 Å². The third kappa shape index (κ3) is 7.93. The van der Waals surface area contributed by atoms with Gasteiger partial charge in [0.1, 0.15) is 6.04 Å². The van der Waals surface area contributed by atoms with Crippen LogP contribution in [0.2, 0.25) is 0 Å². The summed E-state index contributed by atoms with van der Waals surface area (Å²) in [5.74, 6) is -0.801. The second-order valence-corrected chi connectivity index (χ2v) is 10.8. The van der Waals surface area contributed by atoms with Crippen molar-refractivity contribution >= 4 is 17.9 Å². The topological polar surface area (TPSA) is 127 Å². The van der Waals surface area contributed by atoms with Crippen molar-refractivity contribution in [2.45, 2.75) is 51.0 Å². The molecule has 0 fully saturated rings. The molecule has 4 N–H and O–H groups in total. The number of benzene rings is 2. The molecular weight excluding hydrogens is 482 g/mol. The first-order valence-corrected chi connectivity index (χ1v) is 12.6. The largest absolute Gasteiger partial charge is 0.465 e. The van der Waals surface area contributed by atoms with Crippen molar-refractivity contribution in [1.29, 1.82) is 0 Å². The molecule has 2 aromatic carbocycles. The molecule has 0 saturated heterocycles. The fraction of sp³-hybridized carbons (Fsp3) is 0.379. The van der Waals surface area contributed by atoms with Gasteiger partial charge < -0.3 is 25.6 Å². The summed E-state index contributed by atoms with van der Waals surface area (Å²) in [6.45, 7) is 8.46. The van der Waals surface area contributed by atoms with Crippen LogP contribution in [-0.4, -0.2) is 63.6 Å². The zero-order valence-electron chi connectivity index (χ0n) is 22.4. The minimum atomic E-state index is -1.32. The number of aromatic amines is 1. The molecule has 0 aliphatic rings. The first-order valence-electron chi connectivity index (χ1n) is 12.6. The van der Waals surface area contributed by atoms with Crippen LogP contribution in [0, 0.1) is 0 Å². The summed E-state index contributed by atoms with van der Waals surface area (Å²) >= 11 is 0. The Morgan fingerprint density at radius 2 is 1.53 bits per heavy atom. The molecule has 0 aliphatic carbocycles. The number of imidazole rings is 1. The van der Waals surface area contributed by atoms with Crippen molar-refractivity contribution in [3.05, 3.63) is 90.0 Å². The summed E-state index contributed by atoms with van der Waals surface area (Å²) in [6, 6.07) is 18.5. The number of carbonyl (C=O) groups excluding carboxylic acids is 2. The van der Waals surface area contributed by atoms with Crippen molar-refractivity contribution in [1.82, 2.24) is 25.5 Å². The third-order valence-electron chi connectivity index (χ3n) is 6.65. The molecule has 3 rings (SSSR count). The number of H-pyrrole nitrogens is 1. The molecule has 0 spiro atoms. The molecule has 3 aromatic rings. The van der Waals surface area contributed by atoms with E-state index in [0.29, 0.717) is 12.2 Å². The molecular formula is C29H37N5O4. The number of carbonyl (C=O) groups is 3. The second kappa shape index (κ2) is 12.4. The molecule has 38 heavy (non-hydrogen) atoms. The Morgan fingerprint density at radius 3 is 2.05 bits per heavy atom. The lowest BCUT2D eigenvalue weighted by Crippen LogP contribution is -2.54. The maximum Gasteiger partial charge on any atom is 0.405 e. The molecule has 0 radical (unpaired) electrons. The first-order chi connectivity index (χ1) is 18.0. The normalized spacial score (nSPS) is 12.4. The van der Waals surface area contributed by atoms with Crippen LogP contribution in [-0.2, 0) is 26.8 Å². The van der Waals surface area contributed by atoms with Gasteiger partial charge in [-0.2, -0.15) is 0 Å². The van der Waals surface area contributed by atoms with Crippen LogP contribution in [0.3, 0.4) is 0 Å². The molecule has 1 atom stereocenters. The van der Waals surface area contributed by atoms with E-state index in [1.165, 1.54) is 11.2 Å². The van der Waals surface area contributed by atoms with Crippen LogP contribution >= 0.6 is 0 Å². The molecule has 9 heteroatoms. The first kappa shape index (κ1) is 28.4. The predicted molar refractivity (Wildman–Crippen MR) is 146 cm³/mol. The lowest BCUT2D eigenvalue weighted by Gasteiger charge is -2.35. The standard InChI is InChI=1S/C29H37N5O4/c1-28(2,21-11-7-5-8-12-21)18-31-25(35)17-34(19-29(3,4)22-13-9-6-10-14-22)26(36)24(33-27(37)38)15-23-16-30-20-32-23/h5-14,16,20,24,33H,15,17-19H2,1-4H3,(H,30,32)(H,31,35)(H,37,38)/t24-/m0/s1. The number of hydrogen-bond acceptors (Lipinski definition) is 4. The maximum atomic E-state index is 13.8. The van der Waals surface area contributed by atoms with Gasteiger partial charge in [-0.25, -0.2) is 9.78 Å². The Labute approximate surface area is 223 Å². The SMILES string of the molecule is CC(C)(CNC(=O)CN(CC(C)(C)c1ccccc1)C(=O)[C@H](Cc1cnc[nH]1)NC(=O)O)c1ccccc1. The van der Waals surface area contributed by atoms with Crippen molar-refractivity contribution in [2.75, 3.05) is 19.6 Å². The summed E-state index contributed by atoms with van der Waals surface area (Å²) in [5, 5.41) is 14.7. The number of nitrogens with one attached hydrogen (secondary N) is 3.